The summed E-state index contributed by atoms with van der Waals surface area (Å²) < 4.78 is 0. The van der Waals surface area contributed by atoms with Crippen LogP contribution < -0.4 is 0 Å². The number of rotatable bonds is 26. The van der Waals surface area contributed by atoms with E-state index >= 15 is 0 Å². The molecule has 0 saturated heterocycles. The van der Waals surface area contributed by atoms with E-state index in [4.69, 9.17) is 0 Å². The molecule has 4 heteroatoms. The summed E-state index contributed by atoms with van der Waals surface area (Å²) in [5, 5.41) is 27.9. The van der Waals surface area contributed by atoms with Crippen LogP contribution in [0.15, 0.2) is 0 Å². The van der Waals surface area contributed by atoms with Crippen molar-refractivity contribution in [1.29, 1.82) is 0 Å². The SMILES string of the molecule is CCCCCCCCCCCCCCCCCC[PH](CCCO)(CCCO)CCCO. The van der Waals surface area contributed by atoms with E-state index in [-0.39, 0.29) is 19.8 Å². The average Bonchev–Trinajstić information content (AvgIpc) is 2.79. The van der Waals surface area contributed by atoms with Crippen molar-refractivity contribution in [3.8, 4) is 0 Å². The van der Waals surface area contributed by atoms with Crippen LogP contribution in [0.1, 0.15) is 129 Å². The topological polar surface area (TPSA) is 60.7 Å². The molecule has 3 nitrogen and oxygen atoms in total. The Morgan fingerprint density at radius 3 is 0.903 bits per heavy atom. The molecule has 0 spiro atoms. The Morgan fingerprint density at radius 1 is 0.355 bits per heavy atom. The molecular formula is C27H59O3P. The Labute approximate surface area is 196 Å². The standard InChI is InChI=1S/C27H59O3P/c1-2-3-4-5-6-7-8-9-10-11-12-13-14-15-16-17-24-31(25-18-21-28,26-19-22-29)27-20-23-30/h28-31H,2-27H2,1H3. The molecule has 0 amide bonds. The monoisotopic (exact) mass is 462 g/mol. The molecule has 0 aliphatic carbocycles. The van der Waals surface area contributed by atoms with Crippen LogP contribution in [0, 0.1) is 0 Å². The van der Waals surface area contributed by atoms with E-state index in [2.05, 4.69) is 6.92 Å². The van der Waals surface area contributed by atoms with Crippen molar-refractivity contribution in [3.05, 3.63) is 0 Å². The van der Waals surface area contributed by atoms with Crippen molar-refractivity contribution in [2.24, 2.45) is 0 Å². The quantitative estimate of drug-likeness (QED) is 0.0945. The Balaban J connectivity index is 3.71. The van der Waals surface area contributed by atoms with Gasteiger partial charge in [0.25, 0.3) is 0 Å². The second kappa shape index (κ2) is 24.9. The number of aliphatic hydroxyl groups excluding tert-OH is 3. The first-order valence-electron chi connectivity index (χ1n) is 14.1. The number of hydrogen-bond acceptors (Lipinski definition) is 3. The second-order valence-corrected chi connectivity index (χ2v) is 15.0. The first-order valence-corrected chi connectivity index (χ1v) is 16.9. The van der Waals surface area contributed by atoms with Gasteiger partial charge in [-0.05, 0) is 0 Å². The summed E-state index contributed by atoms with van der Waals surface area (Å²) in [4.78, 5) is 0. The molecule has 3 N–H and O–H groups in total. The van der Waals surface area contributed by atoms with E-state index in [0.29, 0.717) is 0 Å². The fourth-order valence-electron chi connectivity index (χ4n) is 5.16. The summed E-state index contributed by atoms with van der Waals surface area (Å²) >= 11 is 0. The third kappa shape index (κ3) is 20.6. The Bertz CT molecular complexity index is 317. The van der Waals surface area contributed by atoms with Crippen LogP contribution in [-0.2, 0) is 0 Å². The Hall–Kier alpha value is 0.310. The van der Waals surface area contributed by atoms with Gasteiger partial charge in [0.05, 0.1) is 0 Å². The molecule has 0 aromatic heterocycles. The van der Waals surface area contributed by atoms with Gasteiger partial charge in [0.15, 0.2) is 0 Å². The molecule has 0 aliphatic rings. The van der Waals surface area contributed by atoms with Gasteiger partial charge < -0.3 is 0 Å². The van der Waals surface area contributed by atoms with Crippen LogP contribution in [-0.4, -0.2) is 59.8 Å². The predicted octanol–water partition coefficient (Wildman–Crippen LogP) is 7.15. The third-order valence-electron chi connectivity index (χ3n) is 7.16. The molecule has 31 heavy (non-hydrogen) atoms. The Morgan fingerprint density at radius 2 is 0.613 bits per heavy atom. The number of hydrogen-bond donors (Lipinski definition) is 3. The van der Waals surface area contributed by atoms with Crippen LogP contribution in [0.25, 0.3) is 0 Å². The molecule has 0 unspecified atom stereocenters. The van der Waals surface area contributed by atoms with Crippen LogP contribution in [0.3, 0.4) is 0 Å². The second-order valence-electron chi connectivity index (χ2n) is 10.0. The van der Waals surface area contributed by atoms with Gasteiger partial charge in [-0.25, -0.2) is 0 Å². The van der Waals surface area contributed by atoms with E-state index in [1.54, 1.807) is 0 Å². The summed E-state index contributed by atoms with van der Waals surface area (Å²) in [7, 11) is -1.45. The molecule has 0 saturated carbocycles. The van der Waals surface area contributed by atoms with Gasteiger partial charge in [0.1, 0.15) is 0 Å². The van der Waals surface area contributed by atoms with Gasteiger partial charge in [-0.3, -0.25) is 0 Å². The molecule has 0 aliphatic heterocycles. The maximum atomic E-state index is 9.32. The maximum absolute atomic E-state index is 9.32. The fourth-order valence-corrected chi connectivity index (χ4v) is 10.4. The van der Waals surface area contributed by atoms with E-state index in [1.807, 2.05) is 0 Å². The average molecular weight is 463 g/mol. The van der Waals surface area contributed by atoms with Gasteiger partial charge in [0, 0.05) is 0 Å². The van der Waals surface area contributed by atoms with E-state index in [0.717, 1.165) is 19.3 Å². The molecule has 0 aromatic rings. The van der Waals surface area contributed by atoms with Crippen molar-refractivity contribution in [2.45, 2.75) is 129 Å². The van der Waals surface area contributed by atoms with Crippen LogP contribution in [0.2, 0.25) is 0 Å². The molecule has 0 heterocycles. The van der Waals surface area contributed by atoms with E-state index in [9.17, 15) is 15.3 Å². The van der Waals surface area contributed by atoms with Gasteiger partial charge in [0.2, 0.25) is 0 Å². The number of aliphatic hydroxyl groups is 3. The summed E-state index contributed by atoms with van der Waals surface area (Å²) in [6, 6.07) is 0. The predicted molar refractivity (Wildman–Crippen MR) is 142 cm³/mol. The summed E-state index contributed by atoms with van der Waals surface area (Å²) in [5.74, 6) is 0. The fraction of sp³-hybridized carbons (Fsp3) is 1.00. The van der Waals surface area contributed by atoms with E-state index < -0.39 is 7.26 Å². The molecule has 0 radical (unpaired) electrons. The first kappa shape index (κ1) is 31.3. The van der Waals surface area contributed by atoms with E-state index in [1.165, 1.54) is 127 Å². The van der Waals surface area contributed by atoms with Gasteiger partial charge >= 0.3 is 157 Å². The summed E-state index contributed by atoms with van der Waals surface area (Å²) in [6.45, 7) is 3.14. The molecule has 0 fully saturated rings. The van der Waals surface area contributed by atoms with Crippen LogP contribution in [0.5, 0.6) is 0 Å². The normalized spacial score (nSPS) is 12.5. The van der Waals surface area contributed by atoms with Gasteiger partial charge in [-0.15, -0.1) is 0 Å². The van der Waals surface area contributed by atoms with Crippen molar-refractivity contribution in [1.82, 2.24) is 0 Å². The zero-order chi connectivity index (χ0) is 22.9. The van der Waals surface area contributed by atoms with Crippen LogP contribution in [0.4, 0.5) is 0 Å². The molecule has 190 valence electrons. The van der Waals surface area contributed by atoms with Gasteiger partial charge in [-0.1, -0.05) is 39.0 Å². The van der Waals surface area contributed by atoms with Crippen molar-refractivity contribution < 1.29 is 15.3 Å². The van der Waals surface area contributed by atoms with Crippen LogP contribution >= 0.6 is 7.26 Å². The summed E-state index contributed by atoms with van der Waals surface area (Å²) in [6.07, 6.45) is 30.1. The zero-order valence-corrected chi connectivity index (χ0v) is 22.2. The minimum atomic E-state index is -1.45. The molecule has 0 bridgehead atoms. The molecule has 0 rings (SSSR count). The summed E-state index contributed by atoms with van der Waals surface area (Å²) in [5.41, 5.74) is 0. The van der Waals surface area contributed by atoms with Crippen molar-refractivity contribution >= 4 is 7.26 Å². The van der Waals surface area contributed by atoms with Crippen molar-refractivity contribution in [2.75, 3.05) is 44.5 Å². The third-order valence-corrected chi connectivity index (χ3v) is 12.8. The minimum absolute atomic E-state index is 0.284. The number of unbranched alkanes of at least 4 members (excludes halogenated alkanes) is 15. The van der Waals surface area contributed by atoms with Crippen molar-refractivity contribution in [3.63, 3.8) is 0 Å². The molecule has 0 atom stereocenters. The molecular weight excluding hydrogens is 403 g/mol. The first-order chi connectivity index (χ1) is 15.2. The Kier molecular flexibility index (Phi) is 25.2. The molecule has 0 aromatic carbocycles. The van der Waals surface area contributed by atoms with Gasteiger partial charge in [-0.2, -0.15) is 0 Å². The zero-order valence-electron chi connectivity index (χ0n) is 21.2.